The fourth-order valence-electron chi connectivity index (χ4n) is 15.9. The summed E-state index contributed by atoms with van der Waals surface area (Å²) in [4.78, 5) is 25.5. The number of carbonyl (C=O) groups is 1. The van der Waals surface area contributed by atoms with Crippen LogP contribution >= 0.6 is 11.8 Å². The Hall–Kier alpha value is 0.339. The van der Waals surface area contributed by atoms with E-state index in [2.05, 4.69) is 0 Å². The predicted molar refractivity (Wildman–Crippen MR) is 63.5 cm³/mol. The third-order valence-electron chi connectivity index (χ3n) is 14.8. The van der Waals surface area contributed by atoms with E-state index in [4.69, 9.17) is 5.11 Å². The summed E-state index contributed by atoms with van der Waals surface area (Å²) < 4.78 is 0. The average Bonchev–Trinajstić information content (AvgIpc) is 3.24. The van der Waals surface area contributed by atoms with E-state index < -0.39 is 12.5 Å². The molecule has 10 rings (SSSR count). The zero-order valence-electron chi connectivity index (χ0n) is 9.60. The molecule has 0 aliphatic carbocycles. The van der Waals surface area contributed by atoms with Crippen molar-refractivity contribution in [3.63, 3.8) is 0 Å². The molecular weight excluding hydrogens is 276 g/mol. The van der Waals surface area contributed by atoms with Crippen LogP contribution in [0.4, 0.5) is 0 Å². The summed E-state index contributed by atoms with van der Waals surface area (Å²) in [5, 5.41) is 7.89. The summed E-state index contributed by atoms with van der Waals surface area (Å²) in [7, 11) is 0. The molecule has 1 spiro atoms. The van der Waals surface area contributed by atoms with Gasteiger partial charge < -0.3 is 5.11 Å². The fraction of sp³-hybridized carbons (Fsp3) is 0.923. The van der Waals surface area contributed by atoms with E-state index >= 15 is 0 Å². The molecule has 10 aliphatic heterocycles. The minimum atomic E-state index is -2.28. The van der Waals surface area contributed by atoms with Crippen molar-refractivity contribution in [1.82, 2.24) is 0 Å². The number of thioether (sulfide) groups is 1. The average molecular weight is 292 g/mol. The first-order valence-electron chi connectivity index (χ1n) is 6.85. The van der Waals surface area contributed by atoms with Crippen LogP contribution in [0.5, 0.6) is 0 Å². The first-order chi connectivity index (χ1) is 7.93. The van der Waals surface area contributed by atoms with Crippen molar-refractivity contribution < 1.29 is 16.4 Å². The summed E-state index contributed by atoms with van der Waals surface area (Å²) >= 11 is 1.31. The van der Waals surface area contributed by atoms with Crippen LogP contribution in [0.1, 0.15) is 0 Å². The number of fused-ring (bicyclic) bond motifs is 10. The Morgan fingerprint density at radius 2 is 1.24 bits per heavy atom. The van der Waals surface area contributed by atoms with Crippen LogP contribution < -0.4 is 0 Å². The van der Waals surface area contributed by atoms with Gasteiger partial charge in [-0.15, -0.1) is 0 Å². The first kappa shape index (κ1) is 7.21. The van der Waals surface area contributed by atoms with Crippen molar-refractivity contribution in [3.8, 4) is 0 Å². The molecule has 10 saturated heterocycles. The van der Waals surface area contributed by atoms with Crippen molar-refractivity contribution in [3.05, 3.63) is 0 Å². The van der Waals surface area contributed by atoms with Crippen LogP contribution in [0.15, 0.2) is 0 Å². The van der Waals surface area contributed by atoms with E-state index in [1.165, 1.54) is 11.8 Å². The van der Waals surface area contributed by atoms with Gasteiger partial charge in [0.05, 0.1) is 5.75 Å². The maximum atomic E-state index is 9.58. The van der Waals surface area contributed by atoms with E-state index in [1.54, 1.807) is 54.4 Å². The molecule has 0 atom stereocenters. The zero-order chi connectivity index (χ0) is 11.1. The normalized spacial score (nSPS) is 113. The van der Waals surface area contributed by atoms with Crippen LogP contribution in [-0.4, -0.2) is 23.1 Å². The first-order valence-corrected chi connectivity index (χ1v) is 14.6. The van der Waals surface area contributed by atoms with Gasteiger partial charge in [0.15, 0.2) is 0 Å². The zero-order valence-corrected chi connectivity index (χ0v) is 11.5. The Balaban J connectivity index is 0.0000000947. The molecule has 2 nitrogen and oxygen atoms in total. The Kier molecular flexibility index (Phi) is 0.253. The van der Waals surface area contributed by atoms with E-state index in [0.717, 1.165) is 0 Å². The molecule has 1 N–H and O–H groups in total. The molecule has 0 bridgehead atoms. The standard InChI is InChI=1S/2C5H5.C3H6O2S.Fe/c2*1-2-4-5-3-1;1-6-2-3(4)5;/h2*1-5H;2H2,1H3,(H,4,5);. The van der Waals surface area contributed by atoms with Gasteiger partial charge in [0.2, 0.25) is 0 Å². The summed E-state index contributed by atoms with van der Waals surface area (Å²) in [5.41, 5.74) is 0. The second-order valence-electron chi connectivity index (χ2n) is 10.4. The van der Waals surface area contributed by atoms with E-state index in [0.29, 0.717) is 0 Å². The Bertz CT molecular complexity index is 707. The topological polar surface area (TPSA) is 37.3 Å². The Morgan fingerprint density at radius 1 is 0.941 bits per heavy atom. The SMILES string of the molecule is CSCC(=O)O.[CH]12[CH]3[CH]4[CH]5[CH]1[Fe]23451678[CH]2[CH]1[CH]6[CH]7[CH]28. The summed E-state index contributed by atoms with van der Waals surface area (Å²) in [6, 6.07) is 0. The van der Waals surface area contributed by atoms with Gasteiger partial charge in [0, 0.05) is 0 Å². The maximum absolute atomic E-state index is 9.58. The summed E-state index contributed by atoms with van der Waals surface area (Å²) in [5.74, 6) is -0.539. The van der Waals surface area contributed by atoms with Gasteiger partial charge in [-0.2, -0.15) is 11.8 Å². The molecule has 0 radical (unpaired) electrons. The van der Waals surface area contributed by atoms with Crippen LogP contribution in [-0.2, 0) is 11.3 Å². The number of carboxylic acid groups (broad SMARTS) is 1. The van der Waals surface area contributed by atoms with Gasteiger partial charge >= 0.3 is 60.6 Å². The molecule has 17 heavy (non-hydrogen) atoms. The van der Waals surface area contributed by atoms with Crippen molar-refractivity contribution >= 4 is 17.7 Å². The molecule has 0 unspecified atom stereocenters. The van der Waals surface area contributed by atoms with Crippen molar-refractivity contribution in [1.29, 1.82) is 0 Å². The molecule has 0 saturated carbocycles. The van der Waals surface area contributed by atoms with E-state index in [1.807, 2.05) is 0 Å². The summed E-state index contributed by atoms with van der Waals surface area (Å²) in [6.45, 7) is -2.28. The second kappa shape index (κ2) is 0.596. The fourth-order valence-corrected chi connectivity index (χ4v) is 88.4. The molecule has 10 heterocycles. The van der Waals surface area contributed by atoms with Gasteiger partial charge in [-0.05, 0) is 6.26 Å². The van der Waals surface area contributed by atoms with Gasteiger partial charge in [0.25, 0.3) is 0 Å². The molecule has 4 heteroatoms. The predicted octanol–water partition coefficient (Wildman–Crippen LogP) is 3.81. The number of rotatable bonds is 2. The van der Waals surface area contributed by atoms with Crippen molar-refractivity contribution in [2.45, 2.75) is 48.2 Å². The van der Waals surface area contributed by atoms with E-state index in [-0.39, 0.29) is 5.75 Å². The summed E-state index contributed by atoms with van der Waals surface area (Å²) in [6.07, 6.45) is 1.76. The molecule has 10 aliphatic rings. The molecule has 0 aromatic rings. The minimum absolute atomic E-state index is 0.208. The molecule has 0 aromatic heterocycles. The monoisotopic (exact) mass is 292 g/mol. The number of aliphatic carboxylic acids is 1. The van der Waals surface area contributed by atoms with Gasteiger partial charge in [-0.25, -0.2) is 0 Å². The van der Waals surface area contributed by atoms with Crippen LogP contribution in [0.25, 0.3) is 0 Å². The van der Waals surface area contributed by atoms with Crippen molar-refractivity contribution in [2.24, 2.45) is 0 Å². The molecule has 0 aromatic carbocycles. The van der Waals surface area contributed by atoms with Gasteiger partial charge in [-0.1, -0.05) is 0 Å². The van der Waals surface area contributed by atoms with E-state index in [9.17, 15) is 4.79 Å². The number of carboxylic acids is 1. The molecule has 0 amide bonds. The quantitative estimate of drug-likeness (QED) is 0.786. The second-order valence-corrected chi connectivity index (χ2v) is 35.2. The molecule has 10 fully saturated rings. The molecule has 94 valence electrons. The number of hydrogen-bond acceptors (Lipinski definition) is 2. The number of hydrogen-bond donors (Lipinski definition) is 1. The van der Waals surface area contributed by atoms with Gasteiger partial charge in [-0.3, -0.25) is 4.79 Å². The molecular formula is C13H16FeO2S. The van der Waals surface area contributed by atoms with Crippen LogP contribution in [0, 0.1) is 0 Å². The van der Waals surface area contributed by atoms with Gasteiger partial charge in [0.1, 0.15) is 0 Å². The Labute approximate surface area is 94.2 Å². The third kappa shape index (κ3) is 0.0813. The third-order valence-corrected chi connectivity index (χ3v) is 57.3. The Morgan fingerprint density at radius 3 is 1.24 bits per heavy atom. The van der Waals surface area contributed by atoms with Crippen molar-refractivity contribution in [2.75, 3.05) is 12.0 Å². The van der Waals surface area contributed by atoms with Crippen LogP contribution in [0.2, 0.25) is 48.2 Å². The van der Waals surface area contributed by atoms with Crippen LogP contribution in [0.3, 0.4) is 0 Å².